The molecule has 0 saturated carbocycles. The summed E-state index contributed by atoms with van der Waals surface area (Å²) in [5.41, 5.74) is 2.11. The van der Waals surface area contributed by atoms with Crippen LogP contribution in [0.1, 0.15) is 17.2 Å². The molecule has 1 aliphatic heterocycles. The lowest BCUT2D eigenvalue weighted by Crippen LogP contribution is -2.46. The van der Waals surface area contributed by atoms with Gasteiger partial charge in [-0.05, 0) is 24.1 Å². The van der Waals surface area contributed by atoms with Gasteiger partial charge in [0.1, 0.15) is 18.5 Å². The third-order valence-electron chi connectivity index (χ3n) is 3.74. The zero-order valence-electron chi connectivity index (χ0n) is 12.5. The van der Waals surface area contributed by atoms with E-state index in [4.69, 9.17) is 9.47 Å². The molecule has 4 heteroatoms. The van der Waals surface area contributed by atoms with Gasteiger partial charge in [-0.2, -0.15) is 0 Å². The molecule has 2 aromatic rings. The number of ether oxygens (including phenoxy) is 2. The molecule has 3 rings (SSSR count). The van der Waals surface area contributed by atoms with Crippen LogP contribution in [0.3, 0.4) is 0 Å². The number of morpholine rings is 1. The van der Waals surface area contributed by atoms with E-state index in [0.717, 1.165) is 16.9 Å². The Bertz CT molecular complexity index is 632. The first-order valence-electron chi connectivity index (χ1n) is 7.39. The van der Waals surface area contributed by atoms with Gasteiger partial charge in [-0.3, -0.25) is 4.79 Å². The van der Waals surface area contributed by atoms with E-state index >= 15 is 0 Å². The molecule has 1 fully saturated rings. The Morgan fingerprint density at radius 1 is 1.14 bits per heavy atom. The maximum Gasteiger partial charge on any atom is 0.246 e. The van der Waals surface area contributed by atoms with Crippen molar-refractivity contribution in [2.24, 2.45) is 0 Å². The van der Waals surface area contributed by atoms with Crippen molar-refractivity contribution in [2.45, 2.75) is 19.1 Å². The summed E-state index contributed by atoms with van der Waals surface area (Å²) in [6.45, 7) is 2.54. The van der Waals surface area contributed by atoms with Crippen LogP contribution in [-0.4, -0.2) is 25.2 Å². The quantitative estimate of drug-likeness (QED) is 0.943. The summed E-state index contributed by atoms with van der Waals surface area (Å²) in [7, 11) is 0. The molecule has 2 aromatic carbocycles. The van der Waals surface area contributed by atoms with Gasteiger partial charge < -0.3 is 14.8 Å². The minimum Gasteiger partial charge on any atom is -0.483 e. The number of carbonyl (C=O) groups is 1. The lowest BCUT2D eigenvalue weighted by atomic mass is 10.0. The Morgan fingerprint density at radius 2 is 1.86 bits per heavy atom. The molecule has 1 saturated heterocycles. The number of hydrogen-bond donors (Lipinski definition) is 1. The van der Waals surface area contributed by atoms with Crippen LogP contribution < -0.4 is 10.1 Å². The zero-order chi connectivity index (χ0) is 15.4. The van der Waals surface area contributed by atoms with Crippen LogP contribution in [0.4, 0.5) is 0 Å². The van der Waals surface area contributed by atoms with Crippen LogP contribution in [0.2, 0.25) is 0 Å². The lowest BCUT2D eigenvalue weighted by molar-refractivity contribution is -0.137. The Kier molecular flexibility index (Phi) is 4.39. The van der Waals surface area contributed by atoms with Crippen LogP contribution in [0.5, 0.6) is 5.75 Å². The summed E-state index contributed by atoms with van der Waals surface area (Å²) in [4.78, 5) is 11.3. The molecule has 114 valence electrons. The molecule has 1 aliphatic rings. The molecule has 2 atom stereocenters. The fraction of sp³-hybridized carbons (Fsp3) is 0.278. The maximum atomic E-state index is 11.3. The van der Waals surface area contributed by atoms with Crippen molar-refractivity contribution in [1.29, 1.82) is 0 Å². The van der Waals surface area contributed by atoms with Crippen molar-refractivity contribution < 1.29 is 14.3 Å². The van der Waals surface area contributed by atoms with E-state index in [-0.39, 0.29) is 24.7 Å². The summed E-state index contributed by atoms with van der Waals surface area (Å²) in [6.07, 6.45) is -0.470. The third-order valence-corrected chi connectivity index (χ3v) is 3.74. The maximum absolute atomic E-state index is 11.3. The molecule has 1 N–H and O–H groups in total. The first-order valence-corrected chi connectivity index (χ1v) is 7.39. The average molecular weight is 297 g/mol. The Hall–Kier alpha value is -2.33. The summed E-state index contributed by atoms with van der Waals surface area (Å²) < 4.78 is 11.9. The van der Waals surface area contributed by atoms with E-state index in [1.54, 1.807) is 0 Å². The first-order chi connectivity index (χ1) is 10.7. The Morgan fingerprint density at radius 3 is 2.55 bits per heavy atom. The predicted octanol–water partition coefficient (Wildman–Crippen LogP) is 2.63. The lowest BCUT2D eigenvalue weighted by Gasteiger charge is -2.31. The summed E-state index contributed by atoms with van der Waals surface area (Å²) in [6, 6.07) is 17.9. The molecule has 0 bridgehead atoms. The summed E-state index contributed by atoms with van der Waals surface area (Å²) in [5, 5.41) is 2.84. The number of hydrogen-bond acceptors (Lipinski definition) is 3. The molecule has 1 amide bonds. The number of nitrogens with one attached hydrogen (secondary N) is 1. The second-order valence-electron chi connectivity index (χ2n) is 5.37. The number of para-hydroxylation sites is 1. The molecule has 0 spiro atoms. The van der Waals surface area contributed by atoms with E-state index in [1.807, 2.05) is 61.5 Å². The monoisotopic (exact) mass is 297 g/mol. The highest BCUT2D eigenvalue weighted by Crippen LogP contribution is 2.29. The smallest absolute Gasteiger partial charge is 0.246 e. The molecule has 0 radical (unpaired) electrons. The predicted molar refractivity (Wildman–Crippen MR) is 83.7 cm³/mol. The van der Waals surface area contributed by atoms with Crippen molar-refractivity contribution in [3.8, 4) is 5.75 Å². The average Bonchev–Trinajstić information content (AvgIpc) is 2.56. The zero-order valence-corrected chi connectivity index (χ0v) is 12.5. The normalized spacial score (nSPS) is 19.3. The molecular weight excluding hydrogens is 278 g/mol. The number of rotatable bonds is 4. The SMILES string of the molecule is Cc1ccccc1O[C@H](c1ccccc1)[C@@H]1CNC(=O)CO1. The van der Waals surface area contributed by atoms with Crippen molar-refractivity contribution in [3.05, 3.63) is 65.7 Å². The van der Waals surface area contributed by atoms with Gasteiger partial charge in [-0.1, -0.05) is 48.5 Å². The minimum absolute atomic E-state index is 0.0745. The van der Waals surface area contributed by atoms with Gasteiger partial charge in [0, 0.05) is 6.54 Å². The Balaban J connectivity index is 1.86. The standard InChI is InChI=1S/C18H19NO3/c1-13-7-5-6-10-15(13)22-18(14-8-3-2-4-9-14)16-11-19-17(20)12-21-16/h2-10,16,18H,11-12H2,1H3,(H,19,20)/t16-,18+/m0/s1. The highest BCUT2D eigenvalue weighted by Gasteiger charge is 2.30. The van der Waals surface area contributed by atoms with Crippen LogP contribution in [0.15, 0.2) is 54.6 Å². The van der Waals surface area contributed by atoms with E-state index < -0.39 is 0 Å². The van der Waals surface area contributed by atoms with Gasteiger partial charge in [0.25, 0.3) is 0 Å². The van der Waals surface area contributed by atoms with Crippen LogP contribution in [-0.2, 0) is 9.53 Å². The molecule has 4 nitrogen and oxygen atoms in total. The topological polar surface area (TPSA) is 47.6 Å². The van der Waals surface area contributed by atoms with Crippen LogP contribution >= 0.6 is 0 Å². The van der Waals surface area contributed by atoms with Crippen molar-refractivity contribution in [3.63, 3.8) is 0 Å². The minimum atomic E-state index is -0.261. The van der Waals surface area contributed by atoms with E-state index in [0.29, 0.717) is 6.54 Å². The van der Waals surface area contributed by atoms with Crippen LogP contribution in [0, 0.1) is 6.92 Å². The molecule has 1 heterocycles. The molecule has 22 heavy (non-hydrogen) atoms. The first kappa shape index (κ1) is 14.6. The fourth-order valence-electron chi connectivity index (χ4n) is 2.53. The molecular formula is C18H19NO3. The highest BCUT2D eigenvalue weighted by atomic mass is 16.5. The van der Waals surface area contributed by atoms with Gasteiger partial charge in [-0.15, -0.1) is 0 Å². The van der Waals surface area contributed by atoms with Crippen LogP contribution in [0.25, 0.3) is 0 Å². The Labute approximate surface area is 130 Å². The van der Waals surface area contributed by atoms with E-state index in [9.17, 15) is 4.79 Å². The number of amides is 1. The summed E-state index contributed by atoms with van der Waals surface area (Å²) >= 11 is 0. The van der Waals surface area contributed by atoms with Crippen molar-refractivity contribution >= 4 is 5.91 Å². The van der Waals surface area contributed by atoms with Crippen molar-refractivity contribution in [1.82, 2.24) is 5.32 Å². The van der Waals surface area contributed by atoms with Gasteiger partial charge in [0.2, 0.25) is 5.91 Å². The second-order valence-corrected chi connectivity index (χ2v) is 5.37. The second kappa shape index (κ2) is 6.62. The summed E-state index contributed by atoms with van der Waals surface area (Å²) in [5.74, 6) is 0.746. The fourth-order valence-corrected chi connectivity index (χ4v) is 2.53. The van der Waals surface area contributed by atoms with Gasteiger partial charge in [0.05, 0.1) is 0 Å². The number of aryl methyl sites for hydroxylation is 1. The molecule has 0 unspecified atom stereocenters. The molecule has 0 aromatic heterocycles. The van der Waals surface area contributed by atoms with E-state index in [2.05, 4.69) is 5.32 Å². The number of carbonyl (C=O) groups excluding carboxylic acids is 1. The van der Waals surface area contributed by atoms with E-state index in [1.165, 1.54) is 0 Å². The third kappa shape index (κ3) is 3.28. The van der Waals surface area contributed by atoms with Gasteiger partial charge >= 0.3 is 0 Å². The van der Waals surface area contributed by atoms with Gasteiger partial charge in [-0.25, -0.2) is 0 Å². The van der Waals surface area contributed by atoms with Gasteiger partial charge in [0.15, 0.2) is 6.10 Å². The molecule has 0 aliphatic carbocycles. The highest BCUT2D eigenvalue weighted by molar-refractivity contribution is 5.77. The van der Waals surface area contributed by atoms with Crippen molar-refractivity contribution in [2.75, 3.05) is 13.2 Å². The largest absolute Gasteiger partial charge is 0.483 e. The number of benzene rings is 2.